The van der Waals surface area contributed by atoms with Crippen molar-refractivity contribution < 1.29 is 27.0 Å². The van der Waals surface area contributed by atoms with Crippen molar-refractivity contribution in [1.29, 1.82) is 0 Å². The van der Waals surface area contributed by atoms with Gasteiger partial charge in [-0.25, -0.2) is 13.2 Å². The Morgan fingerprint density at radius 2 is 1.49 bits per heavy atom. The topological polar surface area (TPSA) is 18.5 Å². The molecule has 0 saturated heterocycles. The van der Waals surface area contributed by atoms with Crippen LogP contribution in [-0.2, 0) is 4.74 Å². The molecule has 2 nitrogen and oxygen atoms in total. The van der Waals surface area contributed by atoms with Gasteiger partial charge in [0.2, 0.25) is 5.82 Å². The molecule has 1 aliphatic rings. The van der Waals surface area contributed by atoms with Crippen LogP contribution < -0.4 is 4.74 Å². The molecule has 0 aliphatic heterocycles. The fourth-order valence-corrected chi connectivity index (χ4v) is 4.61. The van der Waals surface area contributed by atoms with Crippen LogP contribution in [0.15, 0.2) is 48.5 Å². The minimum absolute atomic E-state index is 0.00527. The fraction of sp³-hybridized carbons (Fsp3) is 0.310. The predicted molar refractivity (Wildman–Crippen MR) is 130 cm³/mol. The van der Waals surface area contributed by atoms with Gasteiger partial charge in [0.25, 0.3) is 0 Å². The van der Waals surface area contributed by atoms with Crippen molar-refractivity contribution in [2.75, 3.05) is 13.7 Å². The highest BCUT2D eigenvalue weighted by Crippen LogP contribution is 2.36. The number of rotatable bonds is 7. The van der Waals surface area contributed by atoms with E-state index in [0.717, 1.165) is 25.7 Å². The number of ether oxygens (including phenoxy) is 2. The van der Waals surface area contributed by atoms with Gasteiger partial charge in [-0.15, -0.1) is 0 Å². The molecule has 3 aromatic rings. The summed E-state index contributed by atoms with van der Waals surface area (Å²) in [5, 5.41) is 0. The van der Waals surface area contributed by atoms with Crippen LogP contribution >= 0.6 is 0 Å². The summed E-state index contributed by atoms with van der Waals surface area (Å²) in [5.74, 6) is -3.80. The van der Waals surface area contributed by atoms with Crippen molar-refractivity contribution in [2.24, 2.45) is 0 Å². The highest BCUT2D eigenvalue weighted by molar-refractivity contribution is 5.73. The molecule has 0 spiro atoms. The van der Waals surface area contributed by atoms with Crippen LogP contribution in [-0.4, -0.2) is 19.8 Å². The van der Waals surface area contributed by atoms with Crippen LogP contribution in [0.5, 0.6) is 5.75 Å². The molecule has 184 valence electrons. The van der Waals surface area contributed by atoms with Crippen LogP contribution in [0.4, 0.5) is 17.6 Å². The van der Waals surface area contributed by atoms with Gasteiger partial charge in [-0.05, 0) is 67.3 Å². The summed E-state index contributed by atoms with van der Waals surface area (Å²) in [6.07, 6.45) is 6.58. The fourth-order valence-electron chi connectivity index (χ4n) is 4.61. The van der Waals surface area contributed by atoms with Crippen molar-refractivity contribution in [3.63, 3.8) is 0 Å². The Morgan fingerprint density at radius 1 is 0.771 bits per heavy atom. The first-order valence-electron chi connectivity index (χ1n) is 11.8. The average Bonchev–Trinajstić information content (AvgIpc) is 2.88. The highest BCUT2D eigenvalue weighted by Gasteiger charge is 2.26. The van der Waals surface area contributed by atoms with Gasteiger partial charge in [0.1, 0.15) is 0 Å². The summed E-state index contributed by atoms with van der Waals surface area (Å²) in [6, 6.07) is 12.8. The molecule has 0 amide bonds. The van der Waals surface area contributed by atoms with Crippen LogP contribution in [0, 0.1) is 23.3 Å². The maximum Gasteiger partial charge on any atom is 0.201 e. The van der Waals surface area contributed by atoms with Gasteiger partial charge in [0.15, 0.2) is 23.2 Å². The van der Waals surface area contributed by atoms with E-state index in [1.54, 1.807) is 56.5 Å². The molecule has 0 N–H and O–H groups in total. The molecular weight excluding hydrogens is 456 g/mol. The molecule has 3 aromatic carbocycles. The number of halogens is 4. The number of methoxy groups -OCH3 is 1. The lowest BCUT2D eigenvalue weighted by Crippen LogP contribution is -2.20. The molecule has 1 aliphatic carbocycles. The van der Waals surface area contributed by atoms with Crippen LogP contribution in [0.2, 0.25) is 0 Å². The molecule has 4 rings (SSSR count). The third-order valence-corrected chi connectivity index (χ3v) is 6.61. The summed E-state index contributed by atoms with van der Waals surface area (Å²) >= 11 is 0. The van der Waals surface area contributed by atoms with E-state index in [1.165, 1.54) is 18.2 Å². The molecule has 1 saturated carbocycles. The third-order valence-electron chi connectivity index (χ3n) is 6.61. The lowest BCUT2D eigenvalue weighted by Gasteiger charge is -2.28. The van der Waals surface area contributed by atoms with Crippen LogP contribution in [0.25, 0.3) is 23.3 Å². The van der Waals surface area contributed by atoms with E-state index >= 15 is 0 Å². The Balaban J connectivity index is 1.49. The Morgan fingerprint density at radius 3 is 2.14 bits per heavy atom. The SMILES string of the molecule is CCOc1ccc(-c2ccc(/C=C/c3ccc(C4CCC(OC)CC4)c(F)c3F)cc2)c(F)c1F. The largest absolute Gasteiger partial charge is 0.491 e. The van der Waals surface area contributed by atoms with E-state index in [0.29, 0.717) is 16.7 Å². The first-order chi connectivity index (χ1) is 16.9. The van der Waals surface area contributed by atoms with Gasteiger partial charge in [0.05, 0.1) is 12.7 Å². The molecule has 0 heterocycles. The Kier molecular flexibility index (Phi) is 7.91. The molecule has 0 aromatic heterocycles. The van der Waals surface area contributed by atoms with E-state index in [4.69, 9.17) is 9.47 Å². The zero-order valence-corrected chi connectivity index (χ0v) is 19.8. The Labute approximate surface area is 203 Å². The van der Waals surface area contributed by atoms with Gasteiger partial charge < -0.3 is 9.47 Å². The first kappa shape index (κ1) is 25.0. The second kappa shape index (κ2) is 11.1. The van der Waals surface area contributed by atoms with Gasteiger partial charge in [0, 0.05) is 18.2 Å². The summed E-state index contributed by atoms with van der Waals surface area (Å²) < 4.78 is 68.7. The van der Waals surface area contributed by atoms with Crippen molar-refractivity contribution in [2.45, 2.75) is 44.6 Å². The lowest BCUT2D eigenvalue weighted by molar-refractivity contribution is 0.0655. The minimum Gasteiger partial charge on any atom is -0.491 e. The van der Waals surface area contributed by atoms with Crippen molar-refractivity contribution in [3.8, 4) is 16.9 Å². The minimum atomic E-state index is -1.03. The molecular formula is C29H28F4O2. The standard InChI is InChI=1S/C29H28F4O2/c1-3-35-25-17-16-24(28(32)29(25)33)19-7-4-18(5-8-19)6-9-21-12-15-23(27(31)26(21)30)20-10-13-22(34-2)14-11-20/h4-9,12,15-17,20,22H,3,10-11,13-14H2,1-2H3/b9-6+. The van der Waals surface area contributed by atoms with Gasteiger partial charge in [-0.2, -0.15) is 4.39 Å². The normalized spacial score (nSPS) is 18.2. The maximum absolute atomic E-state index is 14.8. The van der Waals surface area contributed by atoms with Crippen molar-refractivity contribution in [1.82, 2.24) is 0 Å². The van der Waals surface area contributed by atoms with Crippen molar-refractivity contribution >= 4 is 12.2 Å². The molecule has 0 atom stereocenters. The summed E-state index contributed by atoms with van der Waals surface area (Å²) in [7, 11) is 1.68. The molecule has 0 unspecified atom stereocenters. The molecule has 0 bridgehead atoms. The Hall–Kier alpha value is -3.12. The van der Waals surface area contributed by atoms with E-state index < -0.39 is 23.3 Å². The van der Waals surface area contributed by atoms with E-state index in [2.05, 4.69) is 0 Å². The zero-order chi connectivity index (χ0) is 24.9. The smallest absolute Gasteiger partial charge is 0.201 e. The average molecular weight is 485 g/mol. The van der Waals surface area contributed by atoms with E-state index in [1.807, 2.05) is 0 Å². The first-order valence-corrected chi connectivity index (χ1v) is 11.8. The van der Waals surface area contributed by atoms with Crippen LogP contribution in [0.1, 0.15) is 55.2 Å². The second-order valence-corrected chi connectivity index (χ2v) is 8.71. The molecule has 35 heavy (non-hydrogen) atoms. The Bertz CT molecular complexity index is 1200. The van der Waals surface area contributed by atoms with Gasteiger partial charge >= 0.3 is 0 Å². The molecule has 6 heteroatoms. The van der Waals surface area contributed by atoms with Gasteiger partial charge in [-0.3, -0.25) is 0 Å². The molecule has 1 fully saturated rings. The number of benzene rings is 3. The third kappa shape index (κ3) is 5.43. The monoisotopic (exact) mass is 484 g/mol. The quantitative estimate of drug-likeness (QED) is 0.249. The molecule has 0 radical (unpaired) electrons. The lowest BCUT2D eigenvalue weighted by atomic mass is 9.82. The van der Waals surface area contributed by atoms with E-state index in [9.17, 15) is 17.6 Å². The van der Waals surface area contributed by atoms with Gasteiger partial charge in [-0.1, -0.05) is 48.6 Å². The zero-order valence-electron chi connectivity index (χ0n) is 19.8. The van der Waals surface area contributed by atoms with Crippen LogP contribution in [0.3, 0.4) is 0 Å². The summed E-state index contributed by atoms with van der Waals surface area (Å²) in [6.45, 7) is 1.93. The summed E-state index contributed by atoms with van der Waals surface area (Å²) in [4.78, 5) is 0. The number of hydrogen-bond acceptors (Lipinski definition) is 2. The van der Waals surface area contributed by atoms with Crippen molar-refractivity contribution in [3.05, 3.63) is 88.5 Å². The van der Waals surface area contributed by atoms with E-state index in [-0.39, 0.29) is 35.5 Å². The maximum atomic E-state index is 14.8. The second-order valence-electron chi connectivity index (χ2n) is 8.71. The predicted octanol–water partition coefficient (Wildman–Crippen LogP) is 8.15. The summed E-state index contributed by atoms with van der Waals surface area (Å²) in [5.41, 5.74) is 1.89. The number of hydrogen-bond donors (Lipinski definition) is 0. The highest BCUT2D eigenvalue weighted by atomic mass is 19.2.